The highest BCUT2D eigenvalue weighted by atomic mass is 79.9. The van der Waals surface area contributed by atoms with Crippen molar-refractivity contribution in [2.24, 2.45) is 0 Å². The van der Waals surface area contributed by atoms with Crippen LogP contribution in [0.2, 0.25) is 0 Å². The van der Waals surface area contributed by atoms with Gasteiger partial charge in [-0.15, -0.1) is 11.3 Å². The van der Waals surface area contributed by atoms with Crippen LogP contribution in [0.1, 0.15) is 5.69 Å². The van der Waals surface area contributed by atoms with Crippen molar-refractivity contribution >= 4 is 33.3 Å². The van der Waals surface area contributed by atoms with Gasteiger partial charge < -0.3 is 0 Å². The Kier molecular flexibility index (Phi) is 3.85. The number of thiazole rings is 1. The molecule has 0 fully saturated rings. The molecule has 1 heterocycles. The molecule has 0 aliphatic rings. The first-order valence-electron chi connectivity index (χ1n) is 4.73. The van der Waals surface area contributed by atoms with E-state index >= 15 is 0 Å². The van der Waals surface area contributed by atoms with Gasteiger partial charge in [0, 0.05) is 16.3 Å². The lowest BCUT2D eigenvalue weighted by Crippen LogP contribution is -1.78. The average Bonchev–Trinajstić information content (AvgIpc) is 2.76. The average molecular weight is 298 g/mol. The van der Waals surface area contributed by atoms with Gasteiger partial charge in [0.15, 0.2) is 0 Å². The van der Waals surface area contributed by atoms with Gasteiger partial charge in [-0.1, -0.05) is 22.0 Å². The van der Waals surface area contributed by atoms with Gasteiger partial charge in [-0.05, 0) is 30.3 Å². The summed E-state index contributed by atoms with van der Waals surface area (Å²) < 4.78 is 12.7. The first-order chi connectivity index (χ1) is 7.79. The lowest BCUT2D eigenvalue weighted by molar-refractivity contribution is 0.628. The SMILES string of the molecule is Fc1ccc(-c2nc(C=CCBr)cs2)cc1. The second-order valence-electron chi connectivity index (χ2n) is 3.14. The topological polar surface area (TPSA) is 12.9 Å². The van der Waals surface area contributed by atoms with Crippen LogP contribution in [-0.2, 0) is 0 Å². The van der Waals surface area contributed by atoms with E-state index in [1.165, 1.54) is 12.1 Å². The van der Waals surface area contributed by atoms with Gasteiger partial charge in [-0.25, -0.2) is 9.37 Å². The van der Waals surface area contributed by atoms with E-state index in [2.05, 4.69) is 20.9 Å². The van der Waals surface area contributed by atoms with E-state index in [0.717, 1.165) is 21.6 Å². The Bertz CT molecular complexity index is 490. The van der Waals surface area contributed by atoms with Gasteiger partial charge >= 0.3 is 0 Å². The van der Waals surface area contributed by atoms with E-state index in [1.54, 1.807) is 23.5 Å². The molecule has 0 bridgehead atoms. The smallest absolute Gasteiger partial charge is 0.124 e. The highest BCUT2D eigenvalue weighted by Crippen LogP contribution is 2.24. The Labute approximate surface area is 106 Å². The minimum Gasteiger partial charge on any atom is -0.237 e. The monoisotopic (exact) mass is 297 g/mol. The van der Waals surface area contributed by atoms with Crippen LogP contribution >= 0.6 is 27.3 Å². The van der Waals surface area contributed by atoms with E-state index in [1.807, 2.05) is 17.5 Å². The van der Waals surface area contributed by atoms with Gasteiger partial charge in [0.1, 0.15) is 10.8 Å². The molecule has 1 nitrogen and oxygen atoms in total. The number of allylic oxidation sites excluding steroid dienone is 1. The zero-order valence-electron chi connectivity index (χ0n) is 8.36. The molecular formula is C12H9BrFNS. The van der Waals surface area contributed by atoms with Crippen LogP contribution in [0.3, 0.4) is 0 Å². The Balaban J connectivity index is 2.24. The van der Waals surface area contributed by atoms with Crippen molar-refractivity contribution < 1.29 is 4.39 Å². The van der Waals surface area contributed by atoms with Crippen molar-refractivity contribution in [1.29, 1.82) is 0 Å². The van der Waals surface area contributed by atoms with Crippen molar-refractivity contribution in [3.05, 3.63) is 47.2 Å². The van der Waals surface area contributed by atoms with Crippen LogP contribution in [0.4, 0.5) is 4.39 Å². The van der Waals surface area contributed by atoms with Crippen LogP contribution in [0, 0.1) is 5.82 Å². The van der Waals surface area contributed by atoms with E-state index < -0.39 is 0 Å². The van der Waals surface area contributed by atoms with Gasteiger partial charge in [0.2, 0.25) is 0 Å². The standard InChI is InChI=1S/C12H9BrFNS/c13-7-1-2-11-8-16-12(15-11)9-3-5-10(14)6-4-9/h1-6,8H,7H2. The summed E-state index contributed by atoms with van der Waals surface area (Å²) >= 11 is 4.87. The minimum absolute atomic E-state index is 0.222. The molecule has 2 aromatic rings. The third kappa shape index (κ3) is 2.77. The molecule has 2 rings (SSSR count). The van der Waals surface area contributed by atoms with Gasteiger partial charge in [0.25, 0.3) is 0 Å². The molecule has 1 aromatic carbocycles. The van der Waals surface area contributed by atoms with E-state index in [0.29, 0.717) is 0 Å². The summed E-state index contributed by atoms with van der Waals surface area (Å²) in [4.78, 5) is 4.44. The number of halogens is 2. The Hall–Kier alpha value is -1.00. The van der Waals surface area contributed by atoms with Crippen LogP contribution in [0.5, 0.6) is 0 Å². The molecule has 0 atom stereocenters. The molecule has 1 aromatic heterocycles. The Morgan fingerprint density at radius 3 is 2.75 bits per heavy atom. The fourth-order valence-electron chi connectivity index (χ4n) is 1.25. The predicted molar refractivity (Wildman–Crippen MR) is 70.3 cm³/mol. The molecule has 16 heavy (non-hydrogen) atoms. The van der Waals surface area contributed by atoms with Crippen molar-refractivity contribution in [1.82, 2.24) is 4.98 Å². The molecule has 0 spiro atoms. The highest BCUT2D eigenvalue weighted by Gasteiger charge is 2.02. The molecule has 0 N–H and O–H groups in total. The number of hydrogen-bond acceptors (Lipinski definition) is 2. The van der Waals surface area contributed by atoms with Gasteiger partial charge in [0.05, 0.1) is 5.69 Å². The number of aromatic nitrogens is 1. The molecule has 0 aliphatic carbocycles. The number of nitrogens with zero attached hydrogens (tertiary/aromatic N) is 1. The summed E-state index contributed by atoms with van der Waals surface area (Å²) in [6.07, 6.45) is 3.95. The normalized spacial score (nSPS) is 11.1. The highest BCUT2D eigenvalue weighted by molar-refractivity contribution is 9.09. The van der Waals surface area contributed by atoms with Crippen LogP contribution in [0.15, 0.2) is 35.7 Å². The maximum Gasteiger partial charge on any atom is 0.124 e. The quantitative estimate of drug-likeness (QED) is 0.767. The maximum atomic E-state index is 12.7. The molecule has 0 radical (unpaired) electrons. The van der Waals surface area contributed by atoms with Gasteiger partial charge in [-0.3, -0.25) is 0 Å². The molecule has 0 aliphatic heterocycles. The van der Waals surface area contributed by atoms with Gasteiger partial charge in [-0.2, -0.15) is 0 Å². The summed E-state index contributed by atoms with van der Waals surface area (Å²) in [5.74, 6) is -0.222. The first kappa shape index (κ1) is 11.5. The number of rotatable bonds is 3. The van der Waals surface area contributed by atoms with E-state index in [-0.39, 0.29) is 5.82 Å². The zero-order valence-corrected chi connectivity index (χ0v) is 10.8. The lowest BCUT2D eigenvalue weighted by Gasteiger charge is -1.94. The van der Waals surface area contributed by atoms with Crippen molar-refractivity contribution in [3.63, 3.8) is 0 Å². The summed E-state index contributed by atoms with van der Waals surface area (Å²) in [5.41, 5.74) is 1.88. The number of hydrogen-bond donors (Lipinski definition) is 0. The third-order valence-electron chi connectivity index (χ3n) is 1.99. The molecule has 0 amide bonds. The van der Waals surface area contributed by atoms with E-state index in [9.17, 15) is 4.39 Å². The number of benzene rings is 1. The second-order valence-corrected chi connectivity index (χ2v) is 4.65. The lowest BCUT2D eigenvalue weighted by atomic mass is 10.2. The molecular weight excluding hydrogens is 289 g/mol. The Morgan fingerprint density at radius 2 is 2.06 bits per heavy atom. The van der Waals surface area contributed by atoms with Crippen LogP contribution in [-0.4, -0.2) is 10.3 Å². The molecule has 0 unspecified atom stereocenters. The maximum absolute atomic E-state index is 12.7. The van der Waals surface area contributed by atoms with Crippen LogP contribution in [0.25, 0.3) is 16.6 Å². The molecule has 0 saturated heterocycles. The molecule has 82 valence electrons. The second kappa shape index (κ2) is 5.37. The molecule has 0 saturated carbocycles. The fourth-order valence-corrected chi connectivity index (χ4v) is 2.23. The number of alkyl halides is 1. The minimum atomic E-state index is -0.222. The third-order valence-corrected chi connectivity index (χ3v) is 3.27. The van der Waals surface area contributed by atoms with Crippen molar-refractivity contribution in [2.45, 2.75) is 0 Å². The fraction of sp³-hybridized carbons (Fsp3) is 0.0833. The zero-order chi connectivity index (χ0) is 11.4. The van der Waals surface area contributed by atoms with Crippen LogP contribution < -0.4 is 0 Å². The summed E-state index contributed by atoms with van der Waals surface area (Å²) in [6, 6.07) is 6.38. The summed E-state index contributed by atoms with van der Waals surface area (Å²) in [5, 5.41) is 3.71. The molecule has 4 heteroatoms. The van der Waals surface area contributed by atoms with E-state index in [4.69, 9.17) is 0 Å². The largest absolute Gasteiger partial charge is 0.237 e. The Morgan fingerprint density at radius 1 is 1.31 bits per heavy atom. The first-order valence-corrected chi connectivity index (χ1v) is 6.73. The summed E-state index contributed by atoms with van der Waals surface area (Å²) in [7, 11) is 0. The van der Waals surface area contributed by atoms with Crippen molar-refractivity contribution in [3.8, 4) is 10.6 Å². The predicted octanol–water partition coefficient (Wildman–Crippen LogP) is 4.36. The summed E-state index contributed by atoms with van der Waals surface area (Å²) in [6.45, 7) is 0. The van der Waals surface area contributed by atoms with Crippen molar-refractivity contribution in [2.75, 3.05) is 5.33 Å².